The third kappa shape index (κ3) is 2.49. The highest BCUT2D eigenvalue weighted by atomic mass is 15.4. The van der Waals surface area contributed by atoms with Crippen LogP contribution in [0.4, 0.5) is 5.69 Å². The number of fused-ring (bicyclic) bond motifs is 1. The molecule has 1 aromatic heterocycles. The Bertz CT molecular complexity index is 600. The Labute approximate surface area is 120 Å². The van der Waals surface area contributed by atoms with Crippen LogP contribution in [0.3, 0.4) is 0 Å². The summed E-state index contributed by atoms with van der Waals surface area (Å²) in [5.74, 6) is 0.572. The van der Waals surface area contributed by atoms with Crippen molar-refractivity contribution in [3.63, 3.8) is 0 Å². The van der Waals surface area contributed by atoms with E-state index in [0.29, 0.717) is 18.0 Å². The minimum atomic E-state index is 0.478. The summed E-state index contributed by atoms with van der Waals surface area (Å²) in [6.07, 6.45) is 0. The van der Waals surface area contributed by atoms with Crippen molar-refractivity contribution in [2.45, 2.75) is 32.9 Å². The van der Waals surface area contributed by atoms with E-state index in [4.69, 9.17) is 0 Å². The first-order valence-corrected chi connectivity index (χ1v) is 7.26. The van der Waals surface area contributed by atoms with Crippen LogP contribution in [0.1, 0.15) is 19.5 Å². The molecule has 0 radical (unpaired) electrons. The predicted molar refractivity (Wildman–Crippen MR) is 83.7 cm³/mol. The highest BCUT2D eigenvalue weighted by molar-refractivity contribution is 5.91. The summed E-state index contributed by atoms with van der Waals surface area (Å²) >= 11 is 0. The molecule has 1 aliphatic heterocycles. The van der Waals surface area contributed by atoms with Gasteiger partial charge in [-0.15, -0.1) is 0 Å². The molecule has 2 aromatic rings. The van der Waals surface area contributed by atoms with E-state index < -0.39 is 0 Å². The summed E-state index contributed by atoms with van der Waals surface area (Å²) in [7, 11) is 0. The van der Waals surface area contributed by atoms with Gasteiger partial charge in [0, 0.05) is 41.3 Å². The second-order valence-electron chi connectivity index (χ2n) is 5.74. The van der Waals surface area contributed by atoms with Crippen molar-refractivity contribution in [1.82, 2.24) is 15.8 Å². The highest BCUT2D eigenvalue weighted by Crippen LogP contribution is 2.24. The van der Waals surface area contributed by atoms with Gasteiger partial charge in [0.2, 0.25) is 0 Å². The molecule has 2 unspecified atom stereocenters. The monoisotopic (exact) mass is 270 g/mol. The SMILES string of the molecule is Cc1cc(NCC2C(C)NNC2C)c2ccccc2n1. The Morgan fingerprint density at radius 1 is 1.15 bits per heavy atom. The quantitative estimate of drug-likeness (QED) is 0.802. The molecule has 4 heteroatoms. The first kappa shape index (κ1) is 13.3. The van der Waals surface area contributed by atoms with Gasteiger partial charge in [0.05, 0.1) is 5.52 Å². The topological polar surface area (TPSA) is 49.0 Å². The van der Waals surface area contributed by atoms with Crippen molar-refractivity contribution in [1.29, 1.82) is 0 Å². The lowest BCUT2D eigenvalue weighted by atomic mass is 9.96. The maximum Gasteiger partial charge on any atom is 0.0725 e. The summed E-state index contributed by atoms with van der Waals surface area (Å²) in [4.78, 5) is 4.58. The zero-order valence-electron chi connectivity index (χ0n) is 12.3. The van der Waals surface area contributed by atoms with Gasteiger partial charge in [0.15, 0.2) is 0 Å². The first-order chi connectivity index (χ1) is 9.65. The molecule has 0 saturated carbocycles. The Kier molecular flexibility index (Phi) is 3.59. The molecule has 0 aliphatic carbocycles. The zero-order chi connectivity index (χ0) is 14.1. The Morgan fingerprint density at radius 2 is 1.85 bits per heavy atom. The molecular weight excluding hydrogens is 248 g/mol. The fourth-order valence-corrected chi connectivity index (χ4v) is 2.95. The van der Waals surface area contributed by atoms with Gasteiger partial charge in [0.1, 0.15) is 0 Å². The predicted octanol–water partition coefficient (Wildman–Crippen LogP) is 2.46. The van der Waals surface area contributed by atoms with E-state index in [1.807, 2.05) is 13.0 Å². The minimum absolute atomic E-state index is 0.478. The number of aryl methyl sites for hydroxylation is 1. The number of hydrazine groups is 1. The molecule has 1 aliphatic rings. The maximum absolute atomic E-state index is 4.58. The van der Waals surface area contributed by atoms with Crippen LogP contribution in [0.2, 0.25) is 0 Å². The summed E-state index contributed by atoms with van der Waals surface area (Å²) in [6.45, 7) is 7.44. The number of hydrogen-bond acceptors (Lipinski definition) is 4. The van der Waals surface area contributed by atoms with Crippen LogP contribution < -0.4 is 16.2 Å². The summed E-state index contributed by atoms with van der Waals surface area (Å²) in [5, 5.41) is 4.80. The van der Waals surface area contributed by atoms with Crippen LogP contribution in [0, 0.1) is 12.8 Å². The Hall–Kier alpha value is -1.65. The van der Waals surface area contributed by atoms with Gasteiger partial charge in [-0.25, -0.2) is 0 Å². The lowest BCUT2D eigenvalue weighted by Crippen LogP contribution is -2.30. The molecule has 0 spiro atoms. The van der Waals surface area contributed by atoms with Crippen LogP contribution in [0.25, 0.3) is 10.9 Å². The van der Waals surface area contributed by atoms with Crippen LogP contribution in [0.5, 0.6) is 0 Å². The van der Waals surface area contributed by atoms with Gasteiger partial charge in [0.25, 0.3) is 0 Å². The fourth-order valence-electron chi connectivity index (χ4n) is 2.95. The molecule has 0 amide bonds. The molecular formula is C16H22N4. The van der Waals surface area contributed by atoms with E-state index in [1.165, 1.54) is 11.1 Å². The van der Waals surface area contributed by atoms with Gasteiger partial charge >= 0.3 is 0 Å². The van der Waals surface area contributed by atoms with Gasteiger partial charge in [-0.05, 0) is 32.9 Å². The van der Waals surface area contributed by atoms with Gasteiger partial charge in [-0.1, -0.05) is 18.2 Å². The summed E-state index contributed by atoms with van der Waals surface area (Å²) in [6, 6.07) is 11.4. The van der Waals surface area contributed by atoms with Crippen LogP contribution >= 0.6 is 0 Å². The number of aromatic nitrogens is 1. The van der Waals surface area contributed by atoms with Crippen molar-refractivity contribution in [2.24, 2.45) is 5.92 Å². The molecule has 1 saturated heterocycles. The number of para-hydroxylation sites is 1. The maximum atomic E-state index is 4.58. The van der Waals surface area contributed by atoms with E-state index in [9.17, 15) is 0 Å². The van der Waals surface area contributed by atoms with E-state index in [1.54, 1.807) is 0 Å². The number of pyridine rings is 1. The fraction of sp³-hybridized carbons (Fsp3) is 0.438. The smallest absolute Gasteiger partial charge is 0.0725 e. The number of rotatable bonds is 3. The second kappa shape index (κ2) is 5.38. The molecule has 3 rings (SSSR count). The van der Waals surface area contributed by atoms with Crippen molar-refractivity contribution < 1.29 is 0 Å². The number of nitrogens with one attached hydrogen (secondary N) is 3. The third-order valence-corrected chi connectivity index (χ3v) is 4.20. The number of benzene rings is 1. The lowest BCUT2D eigenvalue weighted by molar-refractivity contribution is 0.467. The molecule has 1 fully saturated rings. The molecule has 0 bridgehead atoms. The second-order valence-corrected chi connectivity index (χ2v) is 5.74. The molecule has 2 heterocycles. The highest BCUT2D eigenvalue weighted by Gasteiger charge is 2.29. The normalized spacial score (nSPS) is 26.1. The molecule has 2 atom stereocenters. The van der Waals surface area contributed by atoms with Crippen LogP contribution in [-0.2, 0) is 0 Å². The van der Waals surface area contributed by atoms with Gasteiger partial charge in [-0.2, -0.15) is 0 Å². The van der Waals surface area contributed by atoms with Crippen LogP contribution in [-0.4, -0.2) is 23.6 Å². The molecule has 1 aromatic carbocycles. The van der Waals surface area contributed by atoms with E-state index >= 15 is 0 Å². The van der Waals surface area contributed by atoms with E-state index in [0.717, 1.165) is 17.8 Å². The van der Waals surface area contributed by atoms with Crippen molar-refractivity contribution in [3.05, 3.63) is 36.0 Å². The average molecular weight is 270 g/mol. The minimum Gasteiger partial charge on any atom is -0.384 e. The van der Waals surface area contributed by atoms with Crippen molar-refractivity contribution in [2.75, 3.05) is 11.9 Å². The van der Waals surface area contributed by atoms with Crippen molar-refractivity contribution >= 4 is 16.6 Å². The standard InChI is InChI=1S/C16H22N4/c1-10-8-16(13-6-4-5-7-15(13)18-10)17-9-14-11(2)19-20-12(14)3/h4-8,11-12,14,19-20H,9H2,1-3H3,(H,17,18). The lowest BCUT2D eigenvalue weighted by Gasteiger charge is -2.20. The third-order valence-electron chi connectivity index (χ3n) is 4.20. The first-order valence-electron chi connectivity index (χ1n) is 7.26. The van der Waals surface area contributed by atoms with Crippen molar-refractivity contribution in [3.8, 4) is 0 Å². The van der Waals surface area contributed by atoms with Gasteiger partial charge < -0.3 is 5.32 Å². The molecule has 3 N–H and O–H groups in total. The molecule has 4 nitrogen and oxygen atoms in total. The Balaban J connectivity index is 1.84. The largest absolute Gasteiger partial charge is 0.384 e. The van der Waals surface area contributed by atoms with E-state index in [2.05, 4.69) is 59.3 Å². The number of hydrogen-bond donors (Lipinski definition) is 3. The summed E-state index contributed by atoms with van der Waals surface area (Å²) in [5.41, 5.74) is 9.89. The molecule has 106 valence electrons. The molecule has 20 heavy (non-hydrogen) atoms. The van der Waals surface area contributed by atoms with Gasteiger partial charge in [-0.3, -0.25) is 15.8 Å². The number of anilines is 1. The zero-order valence-corrected chi connectivity index (χ0v) is 12.3. The van der Waals surface area contributed by atoms with E-state index in [-0.39, 0.29) is 0 Å². The Morgan fingerprint density at radius 3 is 2.60 bits per heavy atom. The average Bonchev–Trinajstić information content (AvgIpc) is 2.75. The number of nitrogens with zero attached hydrogens (tertiary/aromatic N) is 1. The summed E-state index contributed by atoms with van der Waals surface area (Å²) < 4.78 is 0. The van der Waals surface area contributed by atoms with Crippen LogP contribution in [0.15, 0.2) is 30.3 Å².